The lowest BCUT2D eigenvalue weighted by Gasteiger charge is -2.07. The molecule has 3 heterocycles. The van der Waals surface area contributed by atoms with E-state index in [0.717, 1.165) is 29.6 Å². The molecule has 0 atom stereocenters. The maximum absolute atomic E-state index is 5.64. The van der Waals surface area contributed by atoms with Crippen molar-refractivity contribution in [1.29, 1.82) is 0 Å². The zero-order chi connectivity index (χ0) is 15.6. The van der Waals surface area contributed by atoms with Crippen molar-refractivity contribution in [2.75, 3.05) is 11.9 Å². The van der Waals surface area contributed by atoms with Crippen molar-refractivity contribution in [3.05, 3.63) is 41.9 Å². The number of pyridine rings is 1. The Labute approximate surface area is 133 Å². The molecule has 0 amide bonds. The Bertz CT molecular complexity index is 809. The molecule has 3 aromatic rings. The van der Waals surface area contributed by atoms with E-state index >= 15 is 0 Å². The fourth-order valence-electron chi connectivity index (χ4n) is 2.26. The fraction of sp³-hybridized carbons (Fsp3) is 0.375. The van der Waals surface area contributed by atoms with Gasteiger partial charge >= 0.3 is 0 Å². The number of ether oxygens (including phenoxy) is 1. The third kappa shape index (κ3) is 3.39. The fourth-order valence-corrected chi connectivity index (χ4v) is 2.26. The first-order valence-electron chi connectivity index (χ1n) is 7.78. The minimum absolute atomic E-state index is 0.641. The van der Waals surface area contributed by atoms with Crippen molar-refractivity contribution in [2.24, 2.45) is 5.92 Å². The first-order chi connectivity index (χ1) is 11.3. The van der Waals surface area contributed by atoms with Crippen LogP contribution in [-0.2, 0) is 6.54 Å². The third-order valence-corrected chi connectivity index (χ3v) is 3.75. The van der Waals surface area contributed by atoms with E-state index in [-0.39, 0.29) is 0 Å². The van der Waals surface area contributed by atoms with Crippen LogP contribution in [0.5, 0.6) is 5.88 Å². The molecular weight excluding hydrogens is 292 g/mol. The highest BCUT2D eigenvalue weighted by Crippen LogP contribution is 2.29. The zero-order valence-electron chi connectivity index (χ0n) is 12.9. The zero-order valence-corrected chi connectivity index (χ0v) is 12.9. The largest absolute Gasteiger partial charge is 0.477 e. The normalized spacial score (nSPS) is 14.1. The predicted octanol–water partition coefficient (Wildman–Crippen LogP) is 2.23. The number of fused-ring (bicyclic) bond motifs is 1. The molecule has 0 aliphatic heterocycles. The molecule has 7 nitrogen and oxygen atoms in total. The molecule has 0 bridgehead atoms. The molecule has 3 aromatic heterocycles. The van der Waals surface area contributed by atoms with Crippen LogP contribution in [0, 0.1) is 12.8 Å². The molecule has 0 aromatic carbocycles. The second-order valence-electron chi connectivity index (χ2n) is 5.84. The SMILES string of the molecule is Cc1nc2ccc(NCc3ccc(OCC4CC4)nc3)nn2n1. The van der Waals surface area contributed by atoms with Crippen LogP contribution in [0.4, 0.5) is 5.82 Å². The third-order valence-electron chi connectivity index (χ3n) is 3.75. The first-order valence-corrected chi connectivity index (χ1v) is 7.78. The van der Waals surface area contributed by atoms with Crippen molar-refractivity contribution in [2.45, 2.75) is 26.3 Å². The van der Waals surface area contributed by atoms with Crippen LogP contribution < -0.4 is 10.1 Å². The number of anilines is 1. The van der Waals surface area contributed by atoms with E-state index in [0.29, 0.717) is 18.2 Å². The predicted molar refractivity (Wildman–Crippen MR) is 85.3 cm³/mol. The molecule has 1 aliphatic carbocycles. The molecule has 118 valence electrons. The van der Waals surface area contributed by atoms with Crippen molar-refractivity contribution in [1.82, 2.24) is 24.8 Å². The summed E-state index contributed by atoms with van der Waals surface area (Å²) >= 11 is 0. The van der Waals surface area contributed by atoms with Crippen LogP contribution in [0.2, 0.25) is 0 Å². The molecule has 0 saturated heterocycles. The highest BCUT2D eigenvalue weighted by molar-refractivity contribution is 5.43. The number of nitrogens with one attached hydrogen (secondary N) is 1. The molecule has 0 spiro atoms. The smallest absolute Gasteiger partial charge is 0.213 e. The number of aryl methyl sites for hydroxylation is 1. The Morgan fingerprint density at radius 2 is 2.13 bits per heavy atom. The van der Waals surface area contributed by atoms with Gasteiger partial charge in [0.2, 0.25) is 5.88 Å². The van der Waals surface area contributed by atoms with E-state index < -0.39 is 0 Å². The van der Waals surface area contributed by atoms with Gasteiger partial charge in [-0.05, 0) is 43.4 Å². The summed E-state index contributed by atoms with van der Waals surface area (Å²) in [6.45, 7) is 3.27. The summed E-state index contributed by atoms with van der Waals surface area (Å²) in [4.78, 5) is 8.59. The van der Waals surface area contributed by atoms with Crippen LogP contribution in [0.1, 0.15) is 24.2 Å². The van der Waals surface area contributed by atoms with Crippen molar-refractivity contribution in [3.8, 4) is 5.88 Å². The van der Waals surface area contributed by atoms with Gasteiger partial charge < -0.3 is 10.1 Å². The Hall–Kier alpha value is -2.70. The van der Waals surface area contributed by atoms with E-state index in [4.69, 9.17) is 4.74 Å². The highest BCUT2D eigenvalue weighted by Gasteiger charge is 2.21. The van der Waals surface area contributed by atoms with E-state index in [1.165, 1.54) is 17.5 Å². The Morgan fingerprint density at radius 3 is 2.91 bits per heavy atom. The summed E-state index contributed by atoms with van der Waals surface area (Å²) < 4.78 is 7.17. The molecular formula is C16H18N6O. The standard InChI is InChI=1S/C16H18N6O/c1-11-19-15-6-5-14(21-22(15)20-11)17-8-13-4-7-16(18-9-13)23-10-12-2-3-12/h4-7,9,12H,2-3,8,10H2,1H3,(H,17,21). The lowest BCUT2D eigenvalue weighted by atomic mass is 10.3. The van der Waals surface area contributed by atoms with Crippen molar-refractivity contribution < 1.29 is 4.74 Å². The molecule has 23 heavy (non-hydrogen) atoms. The summed E-state index contributed by atoms with van der Waals surface area (Å²) in [5.41, 5.74) is 1.81. The first kappa shape index (κ1) is 13.9. The van der Waals surface area contributed by atoms with Gasteiger partial charge in [0.15, 0.2) is 5.65 Å². The number of hydrogen-bond donors (Lipinski definition) is 1. The summed E-state index contributed by atoms with van der Waals surface area (Å²) in [6, 6.07) is 7.71. The maximum Gasteiger partial charge on any atom is 0.213 e. The Kier molecular flexibility index (Phi) is 3.53. The summed E-state index contributed by atoms with van der Waals surface area (Å²) in [7, 11) is 0. The van der Waals surface area contributed by atoms with Gasteiger partial charge in [-0.1, -0.05) is 6.07 Å². The van der Waals surface area contributed by atoms with Crippen molar-refractivity contribution >= 4 is 11.5 Å². The number of rotatable bonds is 6. The maximum atomic E-state index is 5.64. The number of nitrogens with zero attached hydrogens (tertiary/aromatic N) is 5. The van der Waals surface area contributed by atoms with Gasteiger partial charge in [0.05, 0.1) is 6.61 Å². The van der Waals surface area contributed by atoms with Crippen LogP contribution in [-0.4, -0.2) is 31.4 Å². The lowest BCUT2D eigenvalue weighted by molar-refractivity contribution is 0.288. The van der Waals surface area contributed by atoms with Crippen molar-refractivity contribution in [3.63, 3.8) is 0 Å². The van der Waals surface area contributed by atoms with E-state index in [1.54, 1.807) is 0 Å². The summed E-state index contributed by atoms with van der Waals surface area (Å²) in [5.74, 6) is 2.88. The Morgan fingerprint density at radius 1 is 1.22 bits per heavy atom. The molecule has 7 heteroatoms. The van der Waals surface area contributed by atoms with Gasteiger partial charge in [0, 0.05) is 18.8 Å². The second-order valence-corrected chi connectivity index (χ2v) is 5.84. The van der Waals surface area contributed by atoms with Gasteiger partial charge in [-0.25, -0.2) is 9.97 Å². The van der Waals surface area contributed by atoms with Crippen LogP contribution in [0.15, 0.2) is 30.5 Å². The van der Waals surface area contributed by atoms with Gasteiger partial charge in [-0.15, -0.1) is 14.8 Å². The highest BCUT2D eigenvalue weighted by atomic mass is 16.5. The number of aromatic nitrogens is 5. The summed E-state index contributed by atoms with van der Waals surface area (Å²) in [6.07, 6.45) is 4.39. The molecule has 1 N–H and O–H groups in total. The molecule has 1 aliphatic rings. The second kappa shape index (κ2) is 5.83. The van der Waals surface area contributed by atoms with Crippen LogP contribution >= 0.6 is 0 Å². The Balaban J connectivity index is 1.36. The van der Waals surface area contributed by atoms with E-state index in [9.17, 15) is 0 Å². The monoisotopic (exact) mass is 310 g/mol. The average Bonchev–Trinajstić information content (AvgIpc) is 3.31. The summed E-state index contributed by atoms with van der Waals surface area (Å²) in [5, 5.41) is 11.8. The molecule has 4 rings (SSSR count). The van der Waals surface area contributed by atoms with Gasteiger partial charge in [0.25, 0.3) is 0 Å². The molecule has 0 radical (unpaired) electrons. The van der Waals surface area contributed by atoms with E-state index in [1.807, 2.05) is 37.4 Å². The number of hydrogen-bond acceptors (Lipinski definition) is 6. The average molecular weight is 310 g/mol. The van der Waals surface area contributed by atoms with E-state index in [2.05, 4.69) is 25.5 Å². The van der Waals surface area contributed by atoms with Gasteiger partial charge in [0.1, 0.15) is 11.6 Å². The van der Waals surface area contributed by atoms with Crippen LogP contribution in [0.3, 0.4) is 0 Å². The lowest BCUT2D eigenvalue weighted by Crippen LogP contribution is -2.05. The minimum Gasteiger partial charge on any atom is -0.477 e. The van der Waals surface area contributed by atoms with Gasteiger partial charge in [-0.2, -0.15) is 0 Å². The quantitative estimate of drug-likeness (QED) is 0.752. The van der Waals surface area contributed by atoms with Crippen LogP contribution in [0.25, 0.3) is 5.65 Å². The minimum atomic E-state index is 0.641. The molecule has 1 fully saturated rings. The topological polar surface area (TPSA) is 77.2 Å². The van der Waals surface area contributed by atoms with Gasteiger partial charge in [-0.3, -0.25) is 0 Å². The molecule has 1 saturated carbocycles. The molecule has 0 unspecified atom stereocenters.